The van der Waals surface area contributed by atoms with E-state index in [0.29, 0.717) is 29.0 Å². The summed E-state index contributed by atoms with van der Waals surface area (Å²) in [4.78, 5) is 35.5. The van der Waals surface area contributed by atoms with Crippen molar-refractivity contribution in [2.45, 2.75) is 33.6 Å². The molecule has 2 rings (SSSR count). The van der Waals surface area contributed by atoms with Gasteiger partial charge in [-0.05, 0) is 25.3 Å². The van der Waals surface area contributed by atoms with Crippen LogP contribution in [-0.4, -0.2) is 23.4 Å². The van der Waals surface area contributed by atoms with Crippen molar-refractivity contribution < 1.29 is 19.2 Å². The Labute approximate surface area is 161 Å². The zero-order valence-corrected chi connectivity index (χ0v) is 16.3. The SMILES string of the molecule is CCOC(=O)c1c(-c2cccc([N+](=O)[O-])c2)csc1NC(=O)C(CC)CC. The average molecular weight is 390 g/mol. The fourth-order valence-corrected chi connectivity index (χ4v) is 3.69. The van der Waals surface area contributed by atoms with Gasteiger partial charge in [0.1, 0.15) is 10.6 Å². The molecule has 0 saturated heterocycles. The highest BCUT2D eigenvalue weighted by atomic mass is 32.1. The minimum Gasteiger partial charge on any atom is -0.462 e. The first-order chi connectivity index (χ1) is 12.9. The van der Waals surface area contributed by atoms with E-state index in [1.165, 1.54) is 23.5 Å². The molecule has 0 radical (unpaired) electrons. The molecule has 0 fully saturated rings. The molecular weight excluding hydrogens is 368 g/mol. The third kappa shape index (κ3) is 4.71. The first-order valence-corrected chi connectivity index (χ1v) is 9.65. The van der Waals surface area contributed by atoms with Gasteiger partial charge in [-0.15, -0.1) is 11.3 Å². The summed E-state index contributed by atoms with van der Waals surface area (Å²) in [7, 11) is 0. The Morgan fingerprint density at radius 1 is 1.26 bits per heavy atom. The summed E-state index contributed by atoms with van der Waals surface area (Å²) >= 11 is 1.20. The first-order valence-electron chi connectivity index (χ1n) is 8.77. The summed E-state index contributed by atoms with van der Waals surface area (Å²) in [6.45, 7) is 5.74. The Hall–Kier alpha value is -2.74. The number of nitrogens with one attached hydrogen (secondary N) is 1. The van der Waals surface area contributed by atoms with Gasteiger partial charge in [-0.2, -0.15) is 0 Å². The molecule has 1 aromatic carbocycles. The smallest absolute Gasteiger partial charge is 0.341 e. The maximum absolute atomic E-state index is 12.5. The lowest BCUT2D eigenvalue weighted by molar-refractivity contribution is -0.384. The summed E-state index contributed by atoms with van der Waals surface area (Å²) in [5.74, 6) is -0.874. The summed E-state index contributed by atoms with van der Waals surface area (Å²) in [5, 5.41) is 16.0. The number of hydrogen-bond acceptors (Lipinski definition) is 6. The normalized spacial score (nSPS) is 10.7. The topological polar surface area (TPSA) is 98.5 Å². The molecule has 0 atom stereocenters. The van der Waals surface area contributed by atoms with Crippen molar-refractivity contribution in [3.05, 3.63) is 45.3 Å². The van der Waals surface area contributed by atoms with Gasteiger partial charge in [0.25, 0.3) is 5.69 Å². The Bertz CT molecular complexity index is 842. The number of nitro benzene ring substituents is 1. The molecule has 0 aliphatic rings. The molecule has 0 aliphatic heterocycles. The highest BCUT2D eigenvalue weighted by molar-refractivity contribution is 7.15. The molecule has 1 N–H and O–H groups in total. The van der Waals surface area contributed by atoms with Crippen LogP contribution in [0.15, 0.2) is 29.6 Å². The van der Waals surface area contributed by atoms with Gasteiger partial charge >= 0.3 is 5.97 Å². The molecular formula is C19H22N2O5S. The second-order valence-electron chi connectivity index (χ2n) is 5.88. The number of amides is 1. The van der Waals surface area contributed by atoms with Crippen LogP contribution in [0.2, 0.25) is 0 Å². The number of rotatable bonds is 8. The number of non-ortho nitro benzene ring substituents is 1. The van der Waals surface area contributed by atoms with Gasteiger partial charge in [0.15, 0.2) is 0 Å². The van der Waals surface area contributed by atoms with Crippen LogP contribution in [0.5, 0.6) is 0 Å². The molecule has 8 heteroatoms. The molecule has 0 spiro atoms. The van der Waals surface area contributed by atoms with Crippen molar-refractivity contribution in [2.75, 3.05) is 11.9 Å². The van der Waals surface area contributed by atoms with Crippen LogP contribution in [-0.2, 0) is 9.53 Å². The fraction of sp³-hybridized carbons (Fsp3) is 0.368. The summed E-state index contributed by atoms with van der Waals surface area (Å²) in [6.07, 6.45) is 1.39. The number of nitro groups is 1. The van der Waals surface area contributed by atoms with E-state index in [1.807, 2.05) is 13.8 Å². The summed E-state index contributed by atoms with van der Waals surface area (Å²) in [6, 6.07) is 6.03. The number of carbonyl (C=O) groups excluding carboxylic acids is 2. The van der Waals surface area contributed by atoms with E-state index in [9.17, 15) is 19.7 Å². The largest absolute Gasteiger partial charge is 0.462 e. The van der Waals surface area contributed by atoms with Crippen molar-refractivity contribution in [3.8, 4) is 11.1 Å². The Balaban J connectivity index is 2.48. The quantitative estimate of drug-likeness (QED) is 0.394. The second kappa shape index (κ2) is 9.27. The predicted octanol–water partition coefficient (Wildman–Crippen LogP) is 4.87. The highest BCUT2D eigenvalue weighted by Crippen LogP contribution is 2.37. The molecule has 7 nitrogen and oxygen atoms in total. The zero-order valence-electron chi connectivity index (χ0n) is 15.5. The van der Waals surface area contributed by atoms with Gasteiger partial charge in [0, 0.05) is 29.0 Å². The third-order valence-electron chi connectivity index (χ3n) is 4.23. The maximum atomic E-state index is 12.5. The van der Waals surface area contributed by atoms with E-state index in [2.05, 4.69) is 5.32 Å². The Morgan fingerprint density at radius 3 is 2.56 bits per heavy atom. The predicted molar refractivity (Wildman–Crippen MR) is 105 cm³/mol. The molecule has 0 unspecified atom stereocenters. The van der Waals surface area contributed by atoms with Crippen molar-refractivity contribution in [2.24, 2.45) is 5.92 Å². The second-order valence-corrected chi connectivity index (χ2v) is 6.76. The van der Waals surface area contributed by atoms with E-state index in [0.717, 1.165) is 0 Å². The summed E-state index contributed by atoms with van der Waals surface area (Å²) in [5.41, 5.74) is 1.17. The van der Waals surface area contributed by atoms with Crippen molar-refractivity contribution in [1.82, 2.24) is 0 Å². The van der Waals surface area contributed by atoms with Gasteiger partial charge in [-0.1, -0.05) is 26.0 Å². The fourth-order valence-electron chi connectivity index (χ4n) is 2.73. The van der Waals surface area contributed by atoms with E-state index < -0.39 is 10.9 Å². The van der Waals surface area contributed by atoms with Crippen molar-refractivity contribution in [3.63, 3.8) is 0 Å². The molecule has 144 valence electrons. The van der Waals surface area contributed by atoms with E-state index in [4.69, 9.17) is 4.74 Å². The van der Waals surface area contributed by atoms with Crippen molar-refractivity contribution in [1.29, 1.82) is 0 Å². The highest BCUT2D eigenvalue weighted by Gasteiger charge is 2.25. The maximum Gasteiger partial charge on any atom is 0.341 e. The lowest BCUT2D eigenvalue weighted by Gasteiger charge is -2.13. The van der Waals surface area contributed by atoms with Crippen LogP contribution >= 0.6 is 11.3 Å². The molecule has 1 aromatic heterocycles. The van der Waals surface area contributed by atoms with Gasteiger partial charge < -0.3 is 10.1 Å². The number of ether oxygens (including phenoxy) is 1. The minimum atomic E-state index is -0.569. The lowest BCUT2D eigenvalue weighted by atomic mass is 10.0. The number of benzene rings is 1. The van der Waals surface area contributed by atoms with E-state index in [-0.39, 0.29) is 29.7 Å². The van der Waals surface area contributed by atoms with Gasteiger partial charge in [0.05, 0.1) is 11.5 Å². The number of esters is 1. The van der Waals surface area contributed by atoms with Crippen LogP contribution in [0, 0.1) is 16.0 Å². The van der Waals surface area contributed by atoms with E-state index in [1.54, 1.807) is 24.4 Å². The monoisotopic (exact) mass is 390 g/mol. The van der Waals surface area contributed by atoms with Crippen LogP contribution < -0.4 is 5.32 Å². The number of nitrogens with zero attached hydrogens (tertiary/aromatic N) is 1. The van der Waals surface area contributed by atoms with Crippen molar-refractivity contribution >= 4 is 33.9 Å². The van der Waals surface area contributed by atoms with Gasteiger partial charge in [0.2, 0.25) is 5.91 Å². The van der Waals surface area contributed by atoms with Crippen LogP contribution in [0.25, 0.3) is 11.1 Å². The van der Waals surface area contributed by atoms with Gasteiger partial charge in [-0.25, -0.2) is 4.79 Å². The molecule has 1 amide bonds. The molecule has 27 heavy (non-hydrogen) atoms. The zero-order chi connectivity index (χ0) is 20.0. The first kappa shape index (κ1) is 20.6. The molecule has 2 aromatic rings. The lowest BCUT2D eigenvalue weighted by Crippen LogP contribution is -2.22. The average Bonchev–Trinajstić information content (AvgIpc) is 3.06. The van der Waals surface area contributed by atoms with Crippen LogP contribution in [0.4, 0.5) is 10.7 Å². The number of hydrogen-bond donors (Lipinski definition) is 1. The molecule has 0 bridgehead atoms. The van der Waals surface area contributed by atoms with Crippen LogP contribution in [0.1, 0.15) is 44.0 Å². The molecule has 0 aliphatic carbocycles. The summed E-state index contributed by atoms with van der Waals surface area (Å²) < 4.78 is 5.14. The number of thiophene rings is 1. The minimum absolute atomic E-state index is 0.0730. The Kier molecular flexibility index (Phi) is 7.06. The number of anilines is 1. The van der Waals surface area contributed by atoms with E-state index >= 15 is 0 Å². The molecule has 0 saturated carbocycles. The number of carbonyl (C=O) groups is 2. The molecule has 1 heterocycles. The Morgan fingerprint density at radius 2 is 1.96 bits per heavy atom. The van der Waals surface area contributed by atoms with Crippen LogP contribution in [0.3, 0.4) is 0 Å². The third-order valence-corrected chi connectivity index (χ3v) is 5.13. The van der Waals surface area contributed by atoms with Gasteiger partial charge in [-0.3, -0.25) is 14.9 Å². The standard InChI is InChI=1S/C19H22N2O5S/c1-4-12(5-2)17(22)20-18-16(19(23)26-6-3)15(11-27-18)13-8-7-9-14(10-13)21(24)25/h7-12H,4-6H2,1-3H3,(H,20,22).